The summed E-state index contributed by atoms with van der Waals surface area (Å²) in [7, 11) is 0. The Morgan fingerprint density at radius 1 is 1.23 bits per heavy atom. The maximum absolute atomic E-state index is 13.4. The Hall–Kier alpha value is -3.09. The van der Waals surface area contributed by atoms with E-state index in [0.29, 0.717) is 22.5 Å². The minimum atomic E-state index is -1.18. The first-order chi connectivity index (χ1) is 10.6. The zero-order chi connectivity index (χ0) is 15.7. The lowest BCUT2D eigenvalue weighted by Gasteiger charge is -2.08. The number of halogens is 1. The summed E-state index contributed by atoms with van der Waals surface area (Å²) in [4.78, 5) is 15.3. The fraction of sp³-hybridized carbons (Fsp3) is 0.0667. The van der Waals surface area contributed by atoms with Crippen LogP contribution in [0.5, 0.6) is 0 Å². The molecule has 6 nitrogen and oxygen atoms in total. The van der Waals surface area contributed by atoms with Crippen molar-refractivity contribution in [3.8, 4) is 16.9 Å². The van der Waals surface area contributed by atoms with Crippen LogP contribution in [0.15, 0.2) is 42.7 Å². The van der Waals surface area contributed by atoms with Crippen molar-refractivity contribution in [3.05, 3.63) is 59.8 Å². The molecule has 0 amide bonds. The van der Waals surface area contributed by atoms with Crippen molar-refractivity contribution in [1.29, 1.82) is 0 Å². The SMILES string of the molecule is Cc1cc(-n2nnc(C(=O)O)c2-c2ccncc2)ccc1F. The average molecular weight is 298 g/mol. The van der Waals surface area contributed by atoms with E-state index in [9.17, 15) is 14.3 Å². The van der Waals surface area contributed by atoms with E-state index in [1.165, 1.54) is 16.8 Å². The normalized spacial score (nSPS) is 10.6. The number of nitrogens with zero attached hydrogens (tertiary/aromatic N) is 4. The second-order valence-corrected chi connectivity index (χ2v) is 4.67. The third kappa shape index (κ3) is 2.32. The molecule has 2 heterocycles. The molecule has 110 valence electrons. The molecule has 0 saturated heterocycles. The number of carbonyl (C=O) groups is 1. The maximum atomic E-state index is 13.4. The van der Waals surface area contributed by atoms with Crippen LogP contribution in [0, 0.1) is 12.7 Å². The molecule has 22 heavy (non-hydrogen) atoms. The summed E-state index contributed by atoms with van der Waals surface area (Å²) in [6, 6.07) is 7.74. The van der Waals surface area contributed by atoms with Gasteiger partial charge in [0.1, 0.15) is 11.5 Å². The fourth-order valence-electron chi connectivity index (χ4n) is 2.14. The molecule has 3 rings (SSSR count). The van der Waals surface area contributed by atoms with E-state index in [0.717, 1.165) is 0 Å². The summed E-state index contributed by atoms with van der Waals surface area (Å²) in [6.45, 7) is 1.62. The average Bonchev–Trinajstić information content (AvgIpc) is 2.96. The lowest BCUT2D eigenvalue weighted by atomic mass is 10.1. The highest BCUT2D eigenvalue weighted by Crippen LogP contribution is 2.25. The number of aromatic nitrogens is 4. The molecule has 3 aromatic rings. The van der Waals surface area contributed by atoms with Crippen LogP contribution in [0.3, 0.4) is 0 Å². The van der Waals surface area contributed by atoms with Gasteiger partial charge in [-0.15, -0.1) is 5.10 Å². The van der Waals surface area contributed by atoms with Crippen LogP contribution in [0.25, 0.3) is 16.9 Å². The Balaban J connectivity index is 2.24. The molecule has 0 atom stereocenters. The van der Waals surface area contributed by atoms with Gasteiger partial charge >= 0.3 is 5.97 Å². The van der Waals surface area contributed by atoms with Gasteiger partial charge in [0.05, 0.1) is 5.69 Å². The van der Waals surface area contributed by atoms with Crippen LogP contribution in [0.1, 0.15) is 16.1 Å². The molecule has 0 unspecified atom stereocenters. The third-order valence-corrected chi connectivity index (χ3v) is 3.21. The fourth-order valence-corrected chi connectivity index (χ4v) is 2.14. The molecule has 1 aromatic carbocycles. The Bertz CT molecular complexity index is 846. The van der Waals surface area contributed by atoms with Crippen molar-refractivity contribution in [2.75, 3.05) is 0 Å². The second kappa shape index (κ2) is 5.36. The molecule has 0 radical (unpaired) electrons. The highest BCUT2D eigenvalue weighted by molar-refractivity contribution is 5.93. The largest absolute Gasteiger partial charge is 0.476 e. The number of hydrogen-bond donors (Lipinski definition) is 1. The van der Waals surface area contributed by atoms with E-state index in [1.807, 2.05) is 0 Å². The van der Waals surface area contributed by atoms with E-state index in [4.69, 9.17) is 0 Å². The molecular formula is C15H11FN4O2. The molecule has 1 N–H and O–H groups in total. The van der Waals surface area contributed by atoms with Gasteiger partial charge in [-0.1, -0.05) is 5.21 Å². The Kier molecular flexibility index (Phi) is 3.38. The predicted octanol–water partition coefficient (Wildman–Crippen LogP) is 2.48. The van der Waals surface area contributed by atoms with Gasteiger partial charge in [0.15, 0.2) is 5.69 Å². The first-order valence-corrected chi connectivity index (χ1v) is 6.44. The number of rotatable bonds is 3. The minimum absolute atomic E-state index is 0.173. The van der Waals surface area contributed by atoms with Crippen LogP contribution in [-0.2, 0) is 0 Å². The van der Waals surface area contributed by atoms with Gasteiger partial charge in [0.25, 0.3) is 0 Å². The zero-order valence-electron chi connectivity index (χ0n) is 11.6. The van der Waals surface area contributed by atoms with Gasteiger partial charge in [-0.2, -0.15) is 0 Å². The molecule has 0 bridgehead atoms. The highest BCUT2D eigenvalue weighted by atomic mass is 19.1. The summed E-state index contributed by atoms with van der Waals surface area (Å²) in [5.74, 6) is -1.52. The first-order valence-electron chi connectivity index (χ1n) is 6.44. The number of aromatic carboxylic acids is 1. The van der Waals surface area contributed by atoms with E-state index >= 15 is 0 Å². The molecule has 0 spiro atoms. The van der Waals surface area contributed by atoms with Gasteiger partial charge in [-0.3, -0.25) is 4.98 Å². The Morgan fingerprint density at radius 3 is 2.59 bits per heavy atom. The molecule has 7 heteroatoms. The van der Waals surface area contributed by atoms with Gasteiger partial charge in [-0.25, -0.2) is 13.9 Å². The number of aryl methyl sites for hydroxylation is 1. The van der Waals surface area contributed by atoms with Crippen LogP contribution in [-0.4, -0.2) is 31.1 Å². The maximum Gasteiger partial charge on any atom is 0.358 e. The summed E-state index contributed by atoms with van der Waals surface area (Å²) < 4.78 is 14.8. The molecule has 0 saturated carbocycles. The molecular weight excluding hydrogens is 287 g/mol. The first kappa shape index (κ1) is 13.9. The quantitative estimate of drug-likeness (QED) is 0.803. The number of pyridine rings is 1. The zero-order valence-corrected chi connectivity index (χ0v) is 11.6. The van der Waals surface area contributed by atoms with E-state index in [2.05, 4.69) is 15.3 Å². The summed E-state index contributed by atoms with van der Waals surface area (Å²) in [6.07, 6.45) is 3.10. The minimum Gasteiger partial charge on any atom is -0.476 e. The summed E-state index contributed by atoms with van der Waals surface area (Å²) in [5, 5.41) is 16.9. The van der Waals surface area contributed by atoms with Crippen LogP contribution >= 0.6 is 0 Å². The summed E-state index contributed by atoms with van der Waals surface area (Å²) >= 11 is 0. The standard InChI is InChI=1S/C15H11FN4O2/c1-9-8-11(2-3-12(9)16)20-14(10-4-6-17-7-5-10)13(15(21)22)18-19-20/h2-8H,1H3,(H,21,22). The Labute approximate surface area is 124 Å². The van der Waals surface area contributed by atoms with Gasteiger partial charge in [0.2, 0.25) is 0 Å². The number of carboxylic acids is 1. The number of benzene rings is 1. The van der Waals surface area contributed by atoms with Gasteiger partial charge in [0, 0.05) is 18.0 Å². The summed E-state index contributed by atoms with van der Waals surface area (Å²) in [5.41, 5.74) is 1.73. The van der Waals surface area contributed by atoms with Crippen molar-refractivity contribution in [3.63, 3.8) is 0 Å². The van der Waals surface area contributed by atoms with Crippen molar-refractivity contribution in [2.45, 2.75) is 6.92 Å². The smallest absolute Gasteiger partial charge is 0.358 e. The van der Waals surface area contributed by atoms with Crippen molar-refractivity contribution < 1.29 is 14.3 Å². The van der Waals surface area contributed by atoms with Crippen LogP contribution in [0.2, 0.25) is 0 Å². The lowest BCUT2D eigenvalue weighted by Crippen LogP contribution is -2.03. The highest BCUT2D eigenvalue weighted by Gasteiger charge is 2.21. The molecule has 2 aromatic heterocycles. The topological polar surface area (TPSA) is 80.9 Å². The Morgan fingerprint density at radius 2 is 1.95 bits per heavy atom. The van der Waals surface area contributed by atoms with Gasteiger partial charge in [-0.05, 0) is 42.8 Å². The predicted molar refractivity (Wildman–Crippen MR) is 76.2 cm³/mol. The molecule has 0 aliphatic rings. The van der Waals surface area contributed by atoms with Crippen molar-refractivity contribution in [2.24, 2.45) is 0 Å². The number of carboxylic acid groups (broad SMARTS) is 1. The van der Waals surface area contributed by atoms with Crippen LogP contribution < -0.4 is 0 Å². The second-order valence-electron chi connectivity index (χ2n) is 4.67. The number of hydrogen-bond acceptors (Lipinski definition) is 4. The molecule has 0 aliphatic heterocycles. The van der Waals surface area contributed by atoms with Crippen molar-refractivity contribution in [1.82, 2.24) is 20.0 Å². The van der Waals surface area contributed by atoms with E-state index in [-0.39, 0.29) is 11.5 Å². The van der Waals surface area contributed by atoms with Crippen LogP contribution in [0.4, 0.5) is 4.39 Å². The molecule has 0 fully saturated rings. The van der Waals surface area contributed by atoms with Gasteiger partial charge < -0.3 is 5.11 Å². The van der Waals surface area contributed by atoms with E-state index < -0.39 is 5.97 Å². The lowest BCUT2D eigenvalue weighted by molar-refractivity contribution is 0.0691. The molecule has 0 aliphatic carbocycles. The third-order valence-electron chi connectivity index (χ3n) is 3.21. The van der Waals surface area contributed by atoms with Crippen molar-refractivity contribution >= 4 is 5.97 Å². The monoisotopic (exact) mass is 298 g/mol. The van der Waals surface area contributed by atoms with E-state index in [1.54, 1.807) is 37.5 Å².